The number of nitrogens with one attached hydrogen (secondary N) is 1. The van der Waals surface area contributed by atoms with Gasteiger partial charge in [0.15, 0.2) is 11.5 Å². The summed E-state index contributed by atoms with van der Waals surface area (Å²) in [5, 5.41) is 15.2. The van der Waals surface area contributed by atoms with Crippen LogP contribution in [0.4, 0.5) is 24.9 Å². The largest absolute Gasteiger partial charge is 0.382 e. The number of anilines is 2. The summed E-state index contributed by atoms with van der Waals surface area (Å²) in [6.07, 6.45) is -1.35. The summed E-state index contributed by atoms with van der Waals surface area (Å²) in [6, 6.07) is 5.00. The second-order valence-electron chi connectivity index (χ2n) is 8.79. The molecule has 0 amide bonds. The molecule has 14 heteroatoms. The van der Waals surface area contributed by atoms with Gasteiger partial charge < -0.3 is 15.8 Å². The highest BCUT2D eigenvalue weighted by Gasteiger charge is 2.35. The number of hydrogen-bond donors (Lipinski definition) is 2. The summed E-state index contributed by atoms with van der Waals surface area (Å²) < 4.78 is 48.4. The number of ether oxygens (including phenoxy) is 1. The fourth-order valence-electron chi connectivity index (χ4n) is 4.60. The van der Waals surface area contributed by atoms with Crippen LogP contribution < -0.4 is 11.1 Å². The molecule has 11 nitrogen and oxygen atoms in total. The molecule has 0 aliphatic carbocycles. The highest BCUT2D eigenvalue weighted by molar-refractivity contribution is 5.88. The fraction of sp³-hybridized carbons (Fsp3) is 0.476. The summed E-state index contributed by atoms with van der Waals surface area (Å²) in [7, 11) is 0. The van der Waals surface area contributed by atoms with E-state index in [-0.39, 0.29) is 17.4 Å². The summed E-state index contributed by atoms with van der Waals surface area (Å²) in [5.41, 5.74) is 8.54. The monoisotopic (exact) mass is 488 g/mol. The molecule has 184 valence electrons. The first-order valence-corrected chi connectivity index (χ1v) is 11.3. The van der Waals surface area contributed by atoms with Crippen molar-refractivity contribution < 1.29 is 17.9 Å². The van der Waals surface area contributed by atoms with E-state index in [9.17, 15) is 13.2 Å². The number of likely N-dealkylation sites (tertiary alicyclic amines) is 1. The van der Waals surface area contributed by atoms with E-state index >= 15 is 0 Å². The molecule has 6 rings (SSSR count). The van der Waals surface area contributed by atoms with Gasteiger partial charge in [0.05, 0.1) is 31.0 Å². The Morgan fingerprint density at radius 1 is 1.20 bits per heavy atom. The SMILES string of the molecule is Nc1nc(N[C@H]2CCN(C3COC3)C[C@H]2F)nn2ccc(-c3ccc4nnn(CC(F)F)c4n3)c12. The highest BCUT2D eigenvalue weighted by Crippen LogP contribution is 2.29. The molecule has 0 aromatic carbocycles. The number of hydrogen-bond acceptors (Lipinski definition) is 9. The minimum Gasteiger partial charge on any atom is -0.382 e. The first-order valence-electron chi connectivity index (χ1n) is 11.3. The number of piperidine rings is 1. The molecular formula is C21H23F3N10O. The Labute approximate surface area is 197 Å². The van der Waals surface area contributed by atoms with Gasteiger partial charge in [0.25, 0.3) is 6.43 Å². The lowest BCUT2D eigenvalue weighted by molar-refractivity contribution is -0.0794. The van der Waals surface area contributed by atoms with E-state index in [0.29, 0.717) is 54.5 Å². The molecule has 6 heterocycles. The maximum atomic E-state index is 14.9. The summed E-state index contributed by atoms with van der Waals surface area (Å²) >= 11 is 0. The number of pyridine rings is 1. The first kappa shape index (κ1) is 22.0. The van der Waals surface area contributed by atoms with Gasteiger partial charge in [-0.15, -0.1) is 10.2 Å². The van der Waals surface area contributed by atoms with E-state index < -0.39 is 25.2 Å². The van der Waals surface area contributed by atoms with Crippen LogP contribution in [0, 0.1) is 0 Å². The number of nitrogens with zero attached hydrogens (tertiary/aromatic N) is 8. The number of halogens is 3. The topological polar surface area (TPSA) is 124 Å². The molecule has 0 bridgehead atoms. The molecule has 0 unspecified atom stereocenters. The highest BCUT2D eigenvalue weighted by atomic mass is 19.3. The summed E-state index contributed by atoms with van der Waals surface area (Å²) in [4.78, 5) is 11.0. The number of alkyl halides is 3. The average Bonchev–Trinajstić information content (AvgIpc) is 3.38. The number of nitrogens with two attached hydrogens (primary N) is 1. The van der Waals surface area contributed by atoms with Crippen molar-refractivity contribution in [3.8, 4) is 11.3 Å². The lowest BCUT2D eigenvalue weighted by Crippen LogP contribution is -2.57. The molecule has 0 radical (unpaired) electrons. The zero-order chi connectivity index (χ0) is 24.1. The Balaban J connectivity index is 1.26. The Hall–Kier alpha value is -3.52. The zero-order valence-corrected chi connectivity index (χ0v) is 18.6. The lowest BCUT2D eigenvalue weighted by atomic mass is 10.0. The Kier molecular flexibility index (Phi) is 5.40. The fourth-order valence-corrected chi connectivity index (χ4v) is 4.60. The number of rotatable bonds is 6. The van der Waals surface area contributed by atoms with Crippen molar-refractivity contribution in [2.45, 2.75) is 37.6 Å². The van der Waals surface area contributed by atoms with Crippen LogP contribution in [0.15, 0.2) is 24.4 Å². The third-order valence-corrected chi connectivity index (χ3v) is 6.51. The van der Waals surface area contributed by atoms with Crippen LogP contribution >= 0.6 is 0 Å². The van der Waals surface area contributed by atoms with Gasteiger partial charge in [-0.05, 0) is 24.6 Å². The molecule has 2 saturated heterocycles. The zero-order valence-electron chi connectivity index (χ0n) is 18.6. The molecule has 0 spiro atoms. The average molecular weight is 488 g/mol. The Morgan fingerprint density at radius 3 is 2.80 bits per heavy atom. The van der Waals surface area contributed by atoms with Gasteiger partial charge in [0.2, 0.25) is 5.95 Å². The van der Waals surface area contributed by atoms with Gasteiger partial charge in [0.1, 0.15) is 23.7 Å². The van der Waals surface area contributed by atoms with Crippen LogP contribution in [0.2, 0.25) is 0 Å². The molecule has 3 N–H and O–H groups in total. The minimum absolute atomic E-state index is 0.183. The van der Waals surface area contributed by atoms with Crippen molar-refractivity contribution in [3.05, 3.63) is 24.4 Å². The van der Waals surface area contributed by atoms with Gasteiger partial charge in [-0.3, -0.25) is 4.90 Å². The Bertz CT molecular complexity index is 1370. The third kappa shape index (κ3) is 4.01. The van der Waals surface area contributed by atoms with Gasteiger partial charge >= 0.3 is 0 Å². The van der Waals surface area contributed by atoms with Crippen molar-refractivity contribution in [3.63, 3.8) is 0 Å². The maximum absolute atomic E-state index is 14.9. The lowest BCUT2D eigenvalue weighted by Gasteiger charge is -2.42. The van der Waals surface area contributed by atoms with Crippen LogP contribution in [0.25, 0.3) is 27.9 Å². The standard InChI is InChI=1S/C21H23F3N10O/c22-13-7-32(11-9-35-10-11)5-4-15(13)27-21-28-19(25)18-12(3-6-33(18)30-21)14-1-2-16-20(26-14)34(31-29-16)8-17(23)24/h1-3,6,11,13,15,17H,4-5,7-10H2,(H3,25,27,28,30)/t13-,15+/m1/s1. The van der Waals surface area contributed by atoms with Gasteiger partial charge in [-0.2, -0.15) is 4.98 Å². The van der Waals surface area contributed by atoms with Crippen molar-refractivity contribution in [1.29, 1.82) is 0 Å². The summed E-state index contributed by atoms with van der Waals surface area (Å²) in [6.45, 7) is 1.81. The summed E-state index contributed by atoms with van der Waals surface area (Å²) in [5.74, 6) is 0.413. The maximum Gasteiger partial charge on any atom is 0.258 e. The predicted molar refractivity (Wildman–Crippen MR) is 121 cm³/mol. The normalized spacial score (nSPS) is 21.7. The molecule has 4 aromatic heterocycles. The van der Waals surface area contributed by atoms with E-state index in [0.717, 1.165) is 11.2 Å². The quantitative estimate of drug-likeness (QED) is 0.416. The predicted octanol–water partition coefficient (Wildman–Crippen LogP) is 1.61. The van der Waals surface area contributed by atoms with E-state index in [4.69, 9.17) is 10.5 Å². The molecule has 2 atom stereocenters. The van der Waals surface area contributed by atoms with E-state index in [2.05, 4.69) is 35.6 Å². The van der Waals surface area contributed by atoms with Crippen molar-refractivity contribution in [1.82, 2.24) is 39.5 Å². The first-order chi connectivity index (χ1) is 17.0. The second-order valence-corrected chi connectivity index (χ2v) is 8.79. The smallest absolute Gasteiger partial charge is 0.258 e. The second kappa shape index (κ2) is 8.61. The molecule has 0 saturated carbocycles. The van der Waals surface area contributed by atoms with Crippen LogP contribution in [0.5, 0.6) is 0 Å². The van der Waals surface area contributed by atoms with Crippen LogP contribution in [-0.2, 0) is 11.3 Å². The molecule has 2 aliphatic rings. The van der Waals surface area contributed by atoms with Gasteiger partial charge in [-0.25, -0.2) is 27.4 Å². The van der Waals surface area contributed by atoms with Gasteiger partial charge in [0, 0.05) is 24.8 Å². The van der Waals surface area contributed by atoms with E-state index in [1.54, 1.807) is 28.9 Å². The number of fused-ring (bicyclic) bond motifs is 2. The van der Waals surface area contributed by atoms with Crippen molar-refractivity contribution in [2.75, 3.05) is 37.4 Å². The molecule has 35 heavy (non-hydrogen) atoms. The van der Waals surface area contributed by atoms with E-state index in [1.807, 2.05) is 0 Å². The van der Waals surface area contributed by atoms with Crippen LogP contribution in [0.1, 0.15) is 6.42 Å². The van der Waals surface area contributed by atoms with Gasteiger partial charge in [-0.1, -0.05) is 5.21 Å². The molecule has 2 aliphatic heterocycles. The molecular weight excluding hydrogens is 465 g/mol. The number of nitrogen functional groups attached to an aromatic ring is 1. The molecule has 4 aromatic rings. The van der Waals surface area contributed by atoms with Crippen molar-refractivity contribution in [2.24, 2.45) is 0 Å². The molecule has 2 fully saturated rings. The van der Waals surface area contributed by atoms with Crippen LogP contribution in [0.3, 0.4) is 0 Å². The van der Waals surface area contributed by atoms with Crippen LogP contribution in [-0.4, -0.2) is 90.5 Å². The third-order valence-electron chi connectivity index (χ3n) is 6.51. The minimum atomic E-state index is -2.58. The van der Waals surface area contributed by atoms with Crippen molar-refractivity contribution >= 4 is 28.4 Å². The Morgan fingerprint density at radius 2 is 2.06 bits per heavy atom. The number of aromatic nitrogens is 7. The van der Waals surface area contributed by atoms with E-state index in [1.165, 1.54) is 0 Å².